The third-order valence-electron chi connectivity index (χ3n) is 4.72. The summed E-state index contributed by atoms with van der Waals surface area (Å²) in [4.78, 5) is 12.0. The Bertz CT molecular complexity index is 480. The van der Waals surface area contributed by atoms with E-state index < -0.39 is 0 Å². The Labute approximate surface area is 114 Å². The number of amides is 2. The van der Waals surface area contributed by atoms with Gasteiger partial charge in [0.05, 0.1) is 0 Å². The highest BCUT2D eigenvalue weighted by Crippen LogP contribution is 2.62. The van der Waals surface area contributed by atoms with Gasteiger partial charge in [-0.05, 0) is 28.5 Å². The van der Waals surface area contributed by atoms with Gasteiger partial charge >= 0.3 is 6.03 Å². The highest BCUT2D eigenvalue weighted by molar-refractivity contribution is 5.90. The lowest BCUT2D eigenvalue weighted by Crippen LogP contribution is -2.33. The second-order valence-corrected chi connectivity index (χ2v) is 6.38. The van der Waals surface area contributed by atoms with Crippen LogP contribution in [0.2, 0.25) is 0 Å². The van der Waals surface area contributed by atoms with Crippen molar-refractivity contribution < 1.29 is 4.79 Å². The Morgan fingerprint density at radius 2 is 1.89 bits per heavy atom. The van der Waals surface area contributed by atoms with Crippen molar-refractivity contribution in [3.8, 4) is 0 Å². The summed E-state index contributed by atoms with van der Waals surface area (Å²) in [6, 6.07) is 7.64. The van der Waals surface area contributed by atoms with E-state index in [0.29, 0.717) is 6.54 Å². The summed E-state index contributed by atoms with van der Waals surface area (Å²) in [5.41, 5.74) is 7.65. The maximum atomic E-state index is 12.0. The van der Waals surface area contributed by atoms with E-state index in [2.05, 4.69) is 38.3 Å². The molecule has 1 fully saturated rings. The lowest BCUT2D eigenvalue weighted by atomic mass is 10.0. The molecule has 4 heteroatoms. The van der Waals surface area contributed by atoms with Crippen LogP contribution in [0, 0.1) is 10.8 Å². The Morgan fingerprint density at radius 3 is 2.42 bits per heavy atom. The Hall–Kier alpha value is -1.55. The maximum absolute atomic E-state index is 12.0. The van der Waals surface area contributed by atoms with E-state index in [1.165, 1.54) is 0 Å². The SMILES string of the molecule is CC1(C)C(NC(=O)Nc2cccc(CN)c2)C1(C)C. The summed E-state index contributed by atoms with van der Waals surface area (Å²) in [6.45, 7) is 9.17. The van der Waals surface area contributed by atoms with Crippen molar-refractivity contribution in [2.45, 2.75) is 40.3 Å². The standard InChI is InChI=1S/C15H23N3O/c1-14(2)12(15(14,3)4)18-13(19)17-11-7-5-6-10(8-11)9-16/h5-8,12H,9,16H2,1-4H3,(H2,17,18,19). The number of anilines is 1. The normalized spacial score (nSPS) is 19.8. The lowest BCUT2D eigenvalue weighted by Gasteiger charge is -2.10. The van der Waals surface area contributed by atoms with Crippen molar-refractivity contribution in [2.24, 2.45) is 16.6 Å². The number of hydrogen-bond acceptors (Lipinski definition) is 2. The van der Waals surface area contributed by atoms with E-state index in [4.69, 9.17) is 5.73 Å². The predicted octanol–water partition coefficient (Wildman–Crippen LogP) is 2.70. The summed E-state index contributed by atoms with van der Waals surface area (Å²) in [6.07, 6.45) is 0. The summed E-state index contributed by atoms with van der Waals surface area (Å²) in [7, 11) is 0. The highest BCUT2D eigenvalue weighted by atomic mass is 16.2. The quantitative estimate of drug-likeness (QED) is 0.783. The first-order chi connectivity index (χ1) is 8.79. The van der Waals surface area contributed by atoms with Crippen LogP contribution in [0.5, 0.6) is 0 Å². The summed E-state index contributed by atoms with van der Waals surface area (Å²) in [5.74, 6) is 0. The molecule has 0 bridgehead atoms. The van der Waals surface area contributed by atoms with E-state index in [-0.39, 0.29) is 22.9 Å². The largest absolute Gasteiger partial charge is 0.334 e. The minimum Gasteiger partial charge on any atom is -0.334 e. The van der Waals surface area contributed by atoms with Crippen molar-refractivity contribution in [1.82, 2.24) is 5.32 Å². The van der Waals surface area contributed by atoms with Crippen LogP contribution in [0.3, 0.4) is 0 Å². The number of hydrogen-bond donors (Lipinski definition) is 3. The van der Waals surface area contributed by atoms with Gasteiger partial charge in [0.15, 0.2) is 0 Å². The van der Waals surface area contributed by atoms with Crippen LogP contribution < -0.4 is 16.4 Å². The molecule has 1 aromatic carbocycles. The first-order valence-electron chi connectivity index (χ1n) is 6.65. The number of carbonyl (C=O) groups excluding carboxylic acids is 1. The van der Waals surface area contributed by atoms with Gasteiger partial charge in [-0.2, -0.15) is 0 Å². The molecule has 0 aliphatic heterocycles. The molecule has 1 aromatic rings. The van der Waals surface area contributed by atoms with Crippen molar-refractivity contribution in [3.63, 3.8) is 0 Å². The molecule has 2 amide bonds. The van der Waals surface area contributed by atoms with Crippen LogP contribution in [0.4, 0.5) is 10.5 Å². The van der Waals surface area contributed by atoms with Crippen molar-refractivity contribution in [2.75, 3.05) is 5.32 Å². The second kappa shape index (κ2) is 4.53. The molecule has 1 aliphatic rings. The van der Waals surface area contributed by atoms with Gasteiger partial charge in [0.2, 0.25) is 0 Å². The zero-order valence-electron chi connectivity index (χ0n) is 12.1. The van der Waals surface area contributed by atoms with Crippen LogP contribution in [-0.2, 0) is 6.54 Å². The first kappa shape index (κ1) is 13.9. The zero-order chi connectivity index (χ0) is 14.3. The number of carbonyl (C=O) groups is 1. The van der Waals surface area contributed by atoms with Crippen LogP contribution in [-0.4, -0.2) is 12.1 Å². The number of benzene rings is 1. The molecule has 2 rings (SSSR count). The van der Waals surface area contributed by atoms with Gasteiger partial charge in [-0.3, -0.25) is 0 Å². The van der Waals surface area contributed by atoms with Crippen molar-refractivity contribution in [3.05, 3.63) is 29.8 Å². The number of urea groups is 1. The molecule has 4 N–H and O–H groups in total. The molecule has 0 saturated heterocycles. The van der Waals surface area contributed by atoms with Crippen molar-refractivity contribution >= 4 is 11.7 Å². The van der Waals surface area contributed by atoms with Gasteiger partial charge < -0.3 is 16.4 Å². The van der Waals surface area contributed by atoms with Gasteiger partial charge in [-0.25, -0.2) is 4.79 Å². The van der Waals surface area contributed by atoms with Gasteiger partial charge in [-0.15, -0.1) is 0 Å². The van der Waals surface area contributed by atoms with E-state index in [1.807, 2.05) is 24.3 Å². The fraction of sp³-hybridized carbons (Fsp3) is 0.533. The zero-order valence-corrected chi connectivity index (χ0v) is 12.1. The molecule has 0 atom stereocenters. The Balaban J connectivity index is 1.96. The topological polar surface area (TPSA) is 67.2 Å². The lowest BCUT2D eigenvalue weighted by molar-refractivity contribution is 0.250. The predicted molar refractivity (Wildman–Crippen MR) is 77.8 cm³/mol. The summed E-state index contributed by atoms with van der Waals surface area (Å²) in [5, 5.41) is 5.90. The molecular weight excluding hydrogens is 238 g/mol. The van der Waals surface area contributed by atoms with E-state index in [1.54, 1.807) is 0 Å². The van der Waals surface area contributed by atoms with E-state index >= 15 is 0 Å². The number of nitrogens with one attached hydrogen (secondary N) is 2. The van der Waals surface area contributed by atoms with Crippen LogP contribution in [0.15, 0.2) is 24.3 Å². The fourth-order valence-electron chi connectivity index (χ4n) is 2.63. The molecule has 0 spiro atoms. The van der Waals surface area contributed by atoms with Gasteiger partial charge in [-0.1, -0.05) is 39.8 Å². The smallest absolute Gasteiger partial charge is 0.319 e. The minimum absolute atomic E-state index is 0.142. The third-order valence-corrected chi connectivity index (χ3v) is 4.72. The average molecular weight is 261 g/mol. The molecule has 4 nitrogen and oxygen atoms in total. The average Bonchev–Trinajstić information content (AvgIpc) is 2.72. The van der Waals surface area contributed by atoms with Crippen LogP contribution in [0.1, 0.15) is 33.3 Å². The highest BCUT2D eigenvalue weighted by Gasteiger charge is 2.65. The molecule has 1 saturated carbocycles. The summed E-state index contributed by atoms with van der Waals surface area (Å²) >= 11 is 0. The van der Waals surface area contributed by atoms with Crippen molar-refractivity contribution in [1.29, 1.82) is 0 Å². The number of rotatable bonds is 3. The molecule has 104 valence electrons. The van der Waals surface area contributed by atoms with Crippen LogP contribution >= 0.6 is 0 Å². The Morgan fingerprint density at radius 1 is 1.26 bits per heavy atom. The maximum Gasteiger partial charge on any atom is 0.319 e. The molecule has 0 unspecified atom stereocenters. The van der Waals surface area contributed by atoms with E-state index in [9.17, 15) is 4.79 Å². The molecule has 0 radical (unpaired) electrons. The summed E-state index contributed by atoms with van der Waals surface area (Å²) < 4.78 is 0. The van der Waals surface area contributed by atoms with Gasteiger partial charge in [0.25, 0.3) is 0 Å². The van der Waals surface area contributed by atoms with Gasteiger partial charge in [0, 0.05) is 18.3 Å². The van der Waals surface area contributed by atoms with Gasteiger partial charge in [0.1, 0.15) is 0 Å². The van der Waals surface area contributed by atoms with Crippen LogP contribution in [0.25, 0.3) is 0 Å². The molecular formula is C15H23N3O. The first-order valence-corrected chi connectivity index (χ1v) is 6.65. The third kappa shape index (κ3) is 2.45. The fourth-order valence-corrected chi connectivity index (χ4v) is 2.63. The minimum atomic E-state index is -0.155. The Kier molecular flexibility index (Phi) is 3.31. The molecule has 19 heavy (non-hydrogen) atoms. The second-order valence-electron chi connectivity index (χ2n) is 6.38. The molecule has 1 aliphatic carbocycles. The van der Waals surface area contributed by atoms with E-state index in [0.717, 1.165) is 11.3 Å². The monoisotopic (exact) mass is 261 g/mol. The number of nitrogens with two attached hydrogens (primary N) is 1. The molecule has 0 aromatic heterocycles. The molecule has 0 heterocycles.